The molecule has 0 spiro atoms. The van der Waals surface area contributed by atoms with E-state index in [9.17, 15) is 14.0 Å². The topological polar surface area (TPSA) is 55.4 Å². The van der Waals surface area contributed by atoms with E-state index in [-0.39, 0.29) is 18.3 Å². The number of ether oxygens (including phenoxy) is 1. The molecule has 0 aliphatic rings. The number of carbonyl (C=O) groups excluding carboxylic acids is 2. The fraction of sp³-hybridized carbons (Fsp3) is 0.263. The third-order valence-corrected chi connectivity index (χ3v) is 4.50. The normalized spacial score (nSPS) is 11.7. The van der Waals surface area contributed by atoms with Crippen molar-refractivity contribution in [1.29, 1.82) is 0 Å². The van der Waals surface area contributed by atoms with Crippen LogP contribution in [0, 0.1) is 5.82 Å². The summed E-state index contributed by atoms with van der Waals surface area (Å²) in [7, 11) is 0. The minimum Gasteiger partial charge on any atom is -0.459 e. The van der Waals surface area contributed by atoms with Crippen molar-refractivity contribution < 1.29 is 18.7 Å². The molecule has 2 rings (SSSR count). The fourth-order valence-corrected chi connectivity index (χ4v) is 2.76. The van der Waals surface area contributed by atoms with Gasteiger partial charge >= 0.3 is 5.97 Å². The van der Waals surface area contributed by atoms with Crippen molar-refractivity contribution in [1.82, 2.24) is 5.32 Å². The predicted molar refractivity (Wildman–Crippen MR) is 102 cm³/mol. The van der Waals surface area contributed by atoms with E-state index in [1.165, 1.54) is 12.1 Å². The van der Waals surface area contributed by atoms with Crippen LogP contribution in [0.2, 0.25) is 5.02 Å². The molecule has 2 aromatic rings. The smallest absolute Gasteiger partial charge is 0.329 e. The SMILES string of the molecule is CSCC[C@H](NC(=O)c1ccc(Cl)cc1)C(=O)OCc1ccc(F)cc1. The molecule has 2 aromatic carbocycles. The maximum atomic E-state index is 12.9. The van der Waals surface area contributed by atoms with Gasteiger partial charge in [-0.1, -0.05) is 23.7 Å². The molecule has 138 valence electrons. The molecule has 0 aromatic heterocycles. The van der Waals surface area contributed by atoms with Crippen molar-refractivity contribution >= 4 is 35.2 Å². The number of benzene rings is 2. The number of esters is 1. The molecular weight excluding hydrogens is 377 g/mol. The first-order valence-corrected chi connectivity index (χ1v) is 9.73. The summed E-state index contributed by atoms with van der Waals surface area (Å²) in [5.41, 5.74) is 1.09. The summed E-state index contributed by atoms with van der Waals surface area (Å²) >= 11 is 7.39. The highest BCUT2D eigenvalue weighted by atomic mass is 35.5. The van der Waals surface area contributed by atoms with E-state index in [4.69, 9.17) is 16.3 Å². The summed E-state index contributed by atoms with van der Waals surface area (Å²) in [5, 5.41) is 3.23. The molecule has 1 atom stereocenters. The molecule has 0 fully saturated rings. The first kappa shape index (κ1) is 20.3. The summed E-state index contributed by atoms with van der Waals surface area (Å²) in [4.78, 5) is 24.7. The van der Waals surface area contributed by atoms with E-state index in [0.29, 0.717) is 28.3 Å². The zero-order chi connectivity index (χ0) is 18.9. The predicted octanol–water partition coefficient (Wildman–Crippen LogP) is 4.07. The summed E-state index contributed by atoms with van der Waals surface area (Å²) in [6, 6.07) is 11.3. The lowest BCUT2D eigenvalue weighted by Crippen LogP contribution is -2.42. The van der Waals surface area contributed by atoms with E-state index in [2.05, 4.69) is 5.32 Å². The third kappa shape index (κ3) is 6.35. The zero-order valence-corrected chi connectivity index (χ0v) is 15.8. The van der Waals surface area contributed by atoms with Crippen molar-refractivity contribution in [3.05, 3.63) is 70.5 Å². The highest BCUT2D eigenvalue weighted by Crippen LogP contribution is 2.11. The van der Waals surface area contributed by atoms with Gasteiger partial charge in [0.25, 0.3) is 5.91 Å². The molecular formula is C19H19ClFNO3S. The summed E-state index contributed by atoms with van der Waals surface area (Å²) in [6.45, 7) is 0.0195. The third-order valence-electron chi connectivity index (χ3n) is 3.60. The van der Waals surface area contributed by atoms with Gasteiger partial charge < -0.3 is 10.1 Å². The Hall–Kier alpha value is -2.05. The van der Waals surface area contributed by atoms with Gasteiger partial charge in [-0.3, -0.25) is 4.79 Å². The van der Waals surface area contributed by atoms with Crippen molar-refractivity contribution in [3.8, 4) is 0 Å². The van der Waals surface area contributed by atoms with Gasteiger partial charge in [0.1, 0.15) is 18.5 Å². The first-order chi connectivity index (χ1) is 12.5. The Morgan fingerprint density at radius 3 is 2.42 bits per heavy atom. The van der Waals surface area contributed by atoms with E-state index < -0.39 is 12.0 Å². The van der Waals surface area contributed by atoms with Crippen LogP contribution >= 0.6 is 23.4 Å². The first-order valence-electron chi connectivity index (χ1n) is 7.96. The lowest BCUT2D eigenvalue weighted by Gasteiger charge is -2.17. The summed E-state index contributed by atoms with van der Waals surface area (Å²) < 4.78 is 18.2. The van der Waals surface area contributed by atoms with Crippen LogP contribution in [-0.4, -0.2) is 29.9 Å². The second kappa shape index (κ2) is 10.2. The standard InChI is InChI=1S/C19H19ClFNO3S/c1-26-11-10-17(22-18(23)14-4-6-15(20)7-5-14)19(24)25-12-13-2-8-16(21)9-3-13/h2-9,17H,10-12H2,1H3,(H,22,23)/t17-/m0/s1. The van der Waals surface area contributed by atoms with Gasteiger partial charge in [-0.05, 0) is 60.4 Å². The van der Waals surface area contributed by atoms with Crippen LogP contribution in [0.1, 0.15) is 22.3 Å². The second-order valence-electron chi connectivity index (χ2n) is 5.55. The number of nitrogens with one attached hydrogen (secondary N) is 1. The molecule has 0 radical (unpaired) electrons. The molecule has 0 aliphatic carbocycles. The van der Waals surface area contributed by atoms with Crippen LogP contribution in [0.15, 0.2) is 48.5 Å². The summed E-state index contributed by atoms with van der Waals surface area (Å²) in [6.07, 6.45) is 2.37. The molecule has 0 heterocycles. The van der Waals surface area contributed by atoms with Gasteiger partial charge in [0, 0.05) is 10.6 Å². The Balaban J connectivity index is 1.98. The largest absolute Gasteiger partial charge is 0.459 e. The Morgan fingerprint density at radius 2 is 1.81 bits per heavy atom. The van der Waals surface area contributed by atoms with Gasteiger partial charge in [0.15, 0.2) is 0 Å². The number of hydrogen-bond donors (Lipinski definition) is 1. The lowest BCUT2D eigenvalue weighted by molar-refractivity contribution is -0.147. The van der Waals surface area contributed by atoms with Crippen LogP contribution in [0.5, 0.6) is 0 Å². The maximum absolute atomic E-state index is 12.9. The average Bonchev–Trinajstić information content (AvgIpc) is 2.64. The molecule has 0 bridgehead atoms. The second-order valence-corrected chi connectivity index (χ2v) is 6.97. The van der Waals surface area contributed by atoms with Gasteiger partial charge in [0.05, 0.1) is 0 Å². The van der Waals surface area contributed by atoms with Gasteiger partial charge in [-0.25, -0.2) is 9.18 Å². The van der Waals surface area contributed by atoms with Gasteiger partial charge in [-0.2, -0.15) is 11.8 Å². The van der Waals surface area contributed by atoms with E-state index in [0.717, 1.165) is 0 Å². The Kier molecular flexibility index (Phi) is 7.94. The molecule has 7 heteroatoms. The quantitative estimate of drug-likeness (QED) is 0.684. The Morgan fingerprint density at radius 1 is 1.15 bits per heavy atom. The van der Waals surface area contributed by atoms with Crippen LogP contribution < -0.4 is 5.32 Å². The van der Waals surface area contributed by atoms with Crippen LogP contribution in [0.4, 0.5) is 4.39 Å². The van der Waals surface area contributed by atoms with Crippen molar-refractivity contribution in [2.24, 2.45) is 0 Å². The average molecular weight is 396 g/mol. The Bertz CT molecular complexity index is 737. The molecule has 0 unspecified atom stereocenters. The molecule has 0 saturated carbocycles. The number of rotatable bonds is 8. The zero-order valence-electron chi connectivity index (χ0n) is 14.2. The molecule has 0 aliphatic heterocycles. The minimum atomic E-state index is -0.758. The molecule has 26 heavy (non-hydrogen) atoms. The van der Waals surface area contributed by atoms with E-state index in [1.807, 2.05) is 6.26 Å². The molecule has 0 saturated heterocycles. The highest BCUT2D eigenvalue weighted by molar-refractivity contribution is 7.98. The maximum Gasteiger partial charge on any atom is 0.329 e. The van der Waals surface area contributed by atoms with Crippen LogP contribution in [0.3, 0.4) is 0 Å². The molecule has 4 nitrogen and oxygen atoms in total. The van der Waals surface area contributed by atoms with Crippen molar-refractivity contribution in [2.45, 2.75) is 19.1 Å². The van der Waals surface area contributed by atoms with Crippen LogP contribution in [0.25, 0.3) is 0 Å². The molecule has 1 amide bonds. The van der Waals surface area contributed by atoms with Crippen LogP contribution in [-0.2, 0) is 16.1 Å². The highest BCUT2D eigenvalue weighted by Gasteiger charge is 2.22. The fourth-order valence-electron chi connectivity index (χ4n) is 2.16. The number of hydrogen-bond acceptors (Lipinski definition) is 4. The number of thioether (sulfide) groups is 1. The van der Waals surface area contributed by atoms with Crippen molar-refractivity contribution in [2.75, 3.05) is 12.0 Å². The van der Waals surface area contributed by atoms with E-state index >= 15 is 0 Å². The Labute approximate surface area is 161 Å². The number of amides is 1. The van der Waals surface area contributed by atoms with Crippen molar-refractivity contribution in [3.63, 3.8) is 0 Å². The molecule has 1 N–H and O–H groups in total. The number of halogens is 2. The van der Waals surface area contributed by atoms with Gasteiger partial charge in [0.2, 0.25) is 0 Å². The van der Waals surface area contributed by atoms with E-state index in [1.54, 1.807) is 48.2 Å². The number of carbonyl (C=O) groups is 2. The monoisotopic (exact) mass is 395 g/mol. The van der Waals surface area contributed by atoms with Gasteiger partial charge in [-0.15, -0.1) is 0 Å². The summed E-state index contributed by atoms with van der Waals surface area (Å²) in [5.74, 6) is -0.553. The lowest BCUT2D eigenvalue weighted by atomic mass is 10.1. The minimum absolute atomic E-state index is 0.0195.